The molecule has 1 aliphatic carbocycles. The first-order valence-corrected chi connectivity index (χ1v) is 10.9. The molecule has 2 heterocycles. The second kappa shape index (κ2) is 7.37. The summed E-state index contributed by atoms with van der Waals surface area (Å²) in [4.78, 5) is 4.57. The Bertz CT molecular complexity index is 1100. The minimum absolute atomic E-state index is 0.0142. The van der Waals surface area contributed by atoms with E-state index in [0.717, 1.165) is 11.3 Å². The van der Waals surface area contributed by atoms with Crippen LogP contribution in [0.2, 0.25) is 5.02 Å². The fourth-order valence-corrected chi connectivity index (χ4v) is 5.43. The lowest BCUT2D eigenvalue weighted by Gasteiger charge is -2.23. The van der Waals surface area contributed by atoms with E-state index in [9.17, 15) is 17.2 Å². The fraction of sp³-hybridized carbons (Fsp3) is 0.312. The van der Waals surface area contributed by atoms with Gasteiger partial charge >= 0.3 is 6.43 Å². The third-order valence-corrected chi connectivity index (χ3v) is 7.49. The van der Waals surface area contributed by atoms with Gasteiger partial charge in [0, 0.05) is 5.02 Å². The predicted octanol–water partition coefficient (Wildman–Crippen LogP) is 4.28. The molecule has 148 valence electrons. The summed E-state index contributed by atoms with van der Waals surface area (Å²) in [6.07, 6.45) is -0.250. The Labute approximate surface area is 168 Å². The van der Waals surface area contributed by atoms with E-state index >= 15 is 0 Å². The first-order chi connectivity index (χ1) is 13.3. The smallest absolute Gasteiger partial charge is 0.314 e. The topological polar surface area (TPSA) is 89.2 Å². The van der Waals surface area contributed by atoms with Crippen LogP contribution in [0.4, 0.5) is 14.5 Å². The monoisotopic (exact) mass is 446 g/mol. The number of rotatable bonds is 7. The summed E-state index contributed by atoms with van der Waals surface area (Å²) in [6, 6.07) is 6.56. The van der Waals surface area contributed by atoms with Crippen molar-refractivity contribution in [2.24, 2.45) is 0 Å². The van der Waals surface area contributed by atoms with Crippen LogP contribution in [0.5, 0.6) is 0 Å². The Hall–Kier alpha value is -2.11. The van der Waals surface area contributed by atoms with Crippen LogP contribution in [0.25, 0.3) is 10.8 Å². The van der Waals surface area contributed by atoms with E-state index in [1.54, 1.807) is 24.3 Å². The molecule has 1 aliphatic rings. The molecule has 0 aliphatic heterocycles. The Morgan fingerprint density at radius 3 is 2.75 bits per heavy atom. The van der Waals surface area contributed by atoms with Gasteiger partial charge in [-0.1, -0.05) is 17.7 Å². The highest BCUT2D eigenvalue weighted by molar-refractivity contribution is 7.93. The van der Waals surface area contributed by atoms with Crippen molar-refractivity contribution in [1.82, 2.24) is 15.2 Å². The van der Waals surface area contributed by atoms with Gasteiger partial charge in [0.15, 0.2) is 0 Å². The van der Waals surface area contributed by atoms with E-state index in [4.69, 9.17) is 16.0 Å². The zero-order valence-electron chi connectivity index (χ0n) is 14.1. The van der Waals surface area contributed by atoms with Gasteiger partial charge in [-0.25, -0.2) is 13.4 Å². The van der Waals surface area contributed by atoms with Crippen molar-refractivity contribution in [3.8, 4) is 10.8 Å². The molecule has 1 aromatic carbocycles. The van der Waals surface area contributed by atoms with Crippen LogP contribution >= 0.6 is 22.9 Å². The van der Waals surface area contributed by atoms with Gasteiger partial charge in [-0.2, -0.15) is 8.78 Å². The van der Waals surface area contributed by atoms with E-state index in [2.05, 4.69) is 15.2 Å². The van der Waals surface area contributed by atoms with Gasteiger partial charge in [-0.15, -0.1) is 21.5 Å². The van der Waals surface area contributed by atoms with Crippen molar-refractivity contribution < 1.29 is 21.6 Å². The third kappa shape index (κ3) is 3.87. The van der Waals surface area contributed by atoms with Crippen molar-refractivity contribution in [3.63, 3.8) is 0 Å². The van der Waals surface area contributed by atoms with Gasteiger partial charge in [-0.05, 0) is 31.0 Å². The zero-order chi connectivity index (χ0) is 19.9. The molecule has 0 N–H and O–H groups in total. The molecular formula is C16H13ClF2N4O3S2. The lowest BCUT2D eigenvalue weighted by molar-refractivity contribution is 0.116. The minimum atomic E-state index is -3.57. The zero-order valence-corrected chi connectivity index (χ0v) is 16.5. The maximum atomic E-state index is 12.9. The summed E-state index contributed by atoms with van der Waals surface area (Å²) in [5, 5.41) is 7.31. The van der Waals surface area contributed by atoms with E-state index in [0.29, 0.717) is 33.4 Å². The number of benzene rings is 1. The molecular weight excluding hydrogens is 434 g/mol. The number of hydrogen-bond donors (Lipinski definition) is 0. The first-order valence-electron chi connectivity index (χ1n) is 8.18. The Morgan fingerprint density at radius 1 is 1.32 bits per heavy atom. The van der Waals surface area contributed by atoms with Gasteiger partial charge in [0.2, 0.25) is 10.0 Å². The van der Waals surface area contributed by atoms with Crippen LogP contribution in [0.3, 0.4) is 0 Å². The van der Waals surface area contributed by atoms with E-state index < -0.39 is 27.6 Å². The molecule has 1 fully saturated rings. The number of nitrogens with zero attached hydrogens (tertiary/aromatic N) is 4. The molecule has 0 radical (unpaired) electrons. The second-order valence-corrected chi connectivity index (χ2v) is 9.78. The maximum absolute atomic E-state index is 12.9. The number of alkyl halides is 2. The Balaban J connectivity index is 1.63. The molecule has 0 atom stereocenters. The summed E-state index contributed by atoms with van der Waals surface area (Å²) in [5.41, 5.74) is 0.439. The Morgan fingerprint density at radius 2 is 2.11 bits per heavy atom. The van der Waals surface area contributed by atoms with Crippen LogP contribution in [-0.4, -0.2) is 28.8 Å². The number of aromatic nitrogens is 3. The molecule has 1 saturated carbocycles. The number of hydrogen-bond acceptors (Lipinski definition) is 7. The molecule has 4 rings (SSSR count). The molecule has 0 unspecified atom stereocenters. The molecule has 28 heavy (non-hydrogen) atoms. The summed E-state index contributed by atoms with van der Waals surface area (Å²) < 4.78 is 57.2. The molecule has 7 nitrogen and oxygen atoms in total. The molecule has 12 heteroatoms. The predicted molar refractivity (Wildman–Crippen MR) is 99.9 cm³/mol. The van der Waals surface area contributed by atoms with Crippen molar-refractivity contribution in [2.45, 2.75) is 31.1 Å². The van der Waals surface area contributed by atoms with Gasteiger partial charge in [0.25, 0.3) is 11.8 Å². The van der Waals surface area contributed by atoms with Gasteiger partial charge in [0.05, 0.1) is 23.7 Å². The van der Waals surface area contributed by atoms with Crippen molar-refractivity contribution in [1.29, 1.82) is 0 Å². The SMILES string of the molecule is O=S(=O)(C1CC1)N(Cc1ncc(-c2nnc(C(F)F)o2)s1)c1cccc(Cl)c1. The average molecular weight is 447 g/mol. The number of thiazole rings is 1. The molecule has 0 saturated heterocycles. The van der Waals surface area contributed by atoms with Crippen LogP contribution in [0.15, 0.2) is 34.9 Å². The minimum Gasteiger partial charge on any atom is -0.414 e. The highest BCUT2D eigenvalue weighted by Gasteiger charge is 2.40. The highest BCUT2D eigenvalue weighted by Crippen LogP contribution is 2.36. The van der Waals surface area contributed by atoms with Gasteiger partial charge in [0.1, 0.15) is 9.88 Å². The van der Waals surface area contributed by atoms with Crippen LogP contribution in [0.1, 0.15) is 30.2 Å². The highest BCUT2D eigenvalue weighted by atomic mass is 35.5. The first kappa shape index (κ1) is 19.2. The molecule has 3 aromatic rings. The number of sulfonamides is 1. The number of halogens is 3. The van der Waals surface area contributed by atoms with Crippen molar-refractivity contribution in [2.75, 3.05) is 4.31 Å². The molecule has 0 bridgehead atoms. The van der Waals surface area contributed by atoms with E-state index in [1.807, 2.05) is 0 Å². The lowest BCUT2D eigenvalue weighted by Crippen LogP contribution is -2.33. The quantitative estimate of drug-likeness (QED) is 0.538. The van der Waals surface area contributed by atoms with Crippen molar-refractivity contribution >= 4 is 38.6 Å². The summed E-state index contributed by atoms with van der Waals surface area (Å²) >= 11 is 7.12. The van der Waals surface area contributed by atoms with E-state index in [1.165, 1.54) is 10.5 Å². The lowest BCUT2D eigenvalue weighted by atomic mass is 10.3. The molecule has 2 aromatic heterocycles. The van der Waals surface area contributed by atoms with Crippen LogP contribution < -0.4 is 4.31 Å². The normalized spacial score (nSPS) is 14.6. The second-order valence-electron chi connectivity index (χ2n) is 6.10. The summed E-state index contributed by atoms with van der Waals surface area (Å²) in [6.45, 7) is -0.0142. The third-order valence-electron chi connectivity index (χ3n) is 4.02. The van der Waals surface area contributed by atoms with Crippen molar-refractivity contribution in [3.05, 3.63) is 46.4 Å². The molecule has 0 spiro atoms. The average Bonchev–Trinajstić information content (AvgIpc) is 3.22. The standard InChI is InChI=1S/C16H13ClF2N4O3S2/c17-9-2-1-3-10(6-9)23(28(24,25)11-4-5-11)8-13-20-7-12(27-13)15-21-22-16(26-15)14(18)19/h1-3,6-7,11,14H,4-5,8H2. The Kier molecular flexibility index (Phi) is 5.06. The maximum Gasteiger partial charge on any atom is 0.314 e. The summed E-state index contributed by atoms with van der Waals surface area (Å²) in [5.74, 6) is -0.861. The van der Waals surface area contributed by atoms with Gasteiger partial charge < -0.3 is 4.42 Å². The fourth-order valence-electron chi connectivity index (χ4n) is 2.53. The van der Waals surface area contributed by atoms with Gasteiger partial charge in [-0.3, -0.25) is 4.31 Å². The van der Waals surface area contributed by atoms with Crippen LogP contribution in [-0.2, 0) is 16.6 Å². The summed E-state index contributed by atoms with van der Waals surface area (Å²) in [7, 11) is -3.57. The molecule has 0 amide bonds. The number of anilines is 1. The van der Waals surface area contributed by atoms with Crippen LogP contribution in [0, 0.1) is 0 Å². The van der Waals surface area contributed by atoms with E-state index in [-0.39, 0.29) is 12.4 Å². The largest absolute Gasteiger partial charge is 0.414 e.